The van der Waals surface area contributed by atoms with Crippen LogP contribution in [0.15, 0.2) is 12.4 Å². The fraction of sp³-hybridized carbons (Fsp3) is 0.778. The number of aliphatic hydroxyl groups is 1. The predicted molar refractivity (Wildman–Crippen MR) is 96.0 cm³/mol. The molecule has 2 heterocycles. The fourth-order valence-corrected chi connectivity index (χ4v) is 3.71. The molecule has 6 heteroatoms. The molecule has 0 aliphatic carbocycles. The van der Waals surface area contributed by atoms with Crippen LogP contribution in [0, 0.1) is 0 Å². The van der Waals surface area contributed by atoms with Crippen molar-refractivity contribution in [3.8, 4) is 0 Å². The number of aromatic nitrogens is 2. The van der Waals surface area contributed by atoms with E-state index in [-0.39, 0.29) is 18.4 Å². The van der Waals surface area contributed by atoms with E-state index in [1.807, 2.05) is 33.3 Å². The van der Waals surface area contributed by atoms with Crippen molar-refractivity contribution in [2.75, 3.05) is 18.0 Å². The normalized spacial score (nSPS) is 18.7. The number of nitrogens with one attached hydrogen (secondary N) is 1. The number of piperidine rings is 1. The predicted octanol–water partition coefficient (Wildman–Crippen LogP) is 2.23. The molecule has 0 spiro atoms. The molecular formula is C18H32N4O2. The second-order valence-corrected chi connectivity index (χ2v) is 7.13. The summed E-state index contributed by atoms with van der Waals surface area (Å²) < 4.78 is 1.80. The van der Waals surface area contributed by atoms with Gasteiger partial charge in [0.05, 0.1) is 23.9 Å². The number of hydrogen-bond acceptors (Lipinski definition) is 4. The van der Waals surface area contributed by atoms with E-state index in [1.165, 1.54) is 0 Å². The van der Waals surface area contributed by atoms with Gasteiger partial charge in [-0.05, 0) is 25.7 Å². The Bertz CT molecular complexity index is 523. The number of aryl methyl sites for hydroxylation is 1. The summed E-state index contributed by atoms with van der Waals surface area (Å²) in [7, 11) is 1.91. The van der Waals surface area contributed by atoms with Gasteiger partial charge in [-0.1, -0.05) is 26.7 Å². The molecule has 0 bridgehead atoms. The van der Waals surface area contributed by atoms with Crippen LogP contribution in [0.1, 0.15) is 58.8 Å². The van der Waals surface area contributed by atoms with Crippen LogP contribution in [-0.2, 0) is 11.8 Å². The number of amides is 1. The van der Waals surface area contributed by atoms with Gasteiger partial charge in [0.25, 0.3) is 0 Å². The Hall–Kier alpha value is -1.56. The van der Waals surface area contributed by atoms with Crippen molar-refractivity contribution >= 4 is 11.6 Å². The molecule has 0 saturated carbocycles. The van der Waals surface area contributed by atoms with E-state index >= 15 is 0 Å². The largest absolute Gasteiger partial charge is 0.389 e. The minimum Gasteiger partial charge on any atom is -0.389 e. The van der Waals surface area contributed by atoms with Crippen LogP contribution in [0.25, 0.3) is 0 Å². The van der Waals surface area contributed by atoms with Crippen molar-refractivity contribution < 1.29 is 9.90 Å². The maximum absolute atomic E-state index is 12.4. The average molecular weight is 336 g/mol. The first kappa shape index (κ1) is 18.8. The molecule has 136 valence electrons. The maximum atomic E-state index is 12.4. The summed E-state index contributed by atoms with van der Waals surface area (Å²) in [6.07, 6.45) is 9.26. The van der Waals surface area contributed by atoms with Crippen LogP contribution in [0.4, 0.5) is 5.69 Å². The fourth-order valence-electron chi connectivity index (χ4n) is 3.71. The average Bonchev–Trinajstić information content (AvgIpc) is 2.94. The number of anilines is 1. The SMILES string of the molecule is CCCC(O)(CCC)CC(=O)NC1CCCN(c2cnn(C)c2)C1. The molecule has 1 aromatic rings. The highest BCUT2D eigenvalue weighted by molar-refractivity contribution is 5.77. The summed E-state index contributed by atoms with van der Waals surface area (Å²) in [6, 6.07) is 0.138. The molecule has 1 saturated heterocycles. The molecule has 1 fully saturated rings. The molecule has 1 aliphatic rings. The molecule has 0 radical (unpaired) electrons. The second kappa shape index (κ2) is 8.51. The van der Waals surface area contributed by atoms with E-state index in [0.717, 1.165) is 44.5 Å². The number of rotatable bonds is 8. The van der Waals surface area contributed by atoms with E-state index in [2.05, 4.69) is 15.3 Å². The van der Waals surface area contributed by atoms with Crippen LogP contribution in [0.5, 0.6) is 0 Å². The van der Waals surface area contributed by atoms with E-state index < -0.39 is 5.60 Å². The van der Waals surface area contributed by atoms with Crippen molar-refractivity contribution in [3.05, 3.63) is 12.4 Å². The van der Waals surface area contributed by atoms with Gasteiger partial charge in [0.15, 0.2) is 0 Å². The summed E-state index contributed by atoms with van der Waals surface area (Å²) in [5.74, 6) is -0.0302. The lowest BCUT2D eigenvalue weighted by Crippen LogP contribution is -2.49. The highest BCUT2D eigenvalue weighted by Gasteiger charge is 2.30. The van der Waals surface area contributed by atoms with Crippen molar-refractivity contribution in [2.24, 2.45) is 7.05 Å². The molecule has 24 heavy (non-hydrogen) atoms. The van der Waals surface area contributed by atoms with Crippen LogP contribution in [0.2, 0.25) is 0 Å². The van der Waals surface area contributed by atoms with Crippen LogP contribution in [0.3, 0.4) is 0 Å². The smallest absolute Gasteiger partial charge is 0.223 e. The molecule has 0 aromatic carbocycles. The molecule has 2 rings (SSSR count). The first-order chi connectivity index (χ1) is 11.5. The van der Waals surface area contributed by atoms with E-state index in [9.17, 15) is 9.90 Å². The Labute approximate surface area is 145 Å². The van der Waals surface area contributed by atoms with Gasteiger partial charge in [-0.2, -0.15) is 5.10 Å². The van der Waals surface area contributed by atoms with Crippen molar-refractivity contribution in [1.29, 1.82) is 0 Å². The first-order valence-electron chi connectivity index (χ1n) is 9.21. The highest BCUT2D eigenvalue weighted by atomic mass is 16.3. The number of hydrogen-bond donors (Lipinski definition) is 2. The molecule has 1 atom stereocenters. The zero-order chi connectivity index (χ0) is 17.6. The van der Waals surface area contributed by atoms with Crippen LogP contribution in [-0.4, -0.2) is 45.5 Å². The Morgan fingerprint density at radius 1 is 1.42 bits per heavy atom. The third-order valence-electron chi connectivity index (χ3n) is 4.76. The van der Waals surface area contributed by atoms with Crippen molar-refractivity contribution in [2.45, 2.75) is 70.4 Å². The topological polar surface area (TPSA) is 70.4 Å². The Kier molecular flexibility index (Phi) is 6.66. The maximum Gasteiger partial charge on any atom is 0.223 e. The van der Waals surface area contributed by atoms with E-state index in [0.29, 0.717) is 12.8 Å². The van der Waals surface area contributed by atoms with E-state index in [1.54, 1.807) is 4.68 Å². The Morgan fingerprint density at radius 3 is 2.71 bits per heavy atom. The number of carbonyl (C=O) groups excluding carboxylic acids is 1. The zero-order valence-corrected chi connectivity index (χ0v) is 15.3. The summed E-state index contributed by atoms with van der Waals surface area (Å²) in [5, 5.41) is 18.0. The van der Waals surface area contributed by atoms with E-state index in [4.69, 9.17) is 0 Å². The third kappa shape index (κ3) is 5.23. The van der Waals surface area contributed by atoms with Crippen molar-refractivity contribution in [1.82, 2.24) is 15.1 Å². The summed E-state index contributed by atoms with van der Waals surface area (Å²) >= 11 is 0. The lowest BCUT2D eigenvalue weighted by atomic mass is 9.89. The summed E-state index contributed by atoms with van der Waals surface area (Å²) in [4.78, 5) is 14.7. The van der Waals surface area contributed by atoms with Gasteiger partial charge < -0.3 is 15.3 Å². The summed E-state index contributed by atoms with van der Waals surface area (Å²) in [6.45, 7) is 5.89. The standard InChI is InChI=1S/C18H32N4O2/c1-4-8-18(24,9-5-2)11-17(23)20-15-7-6-10-22(13-15)16-12-19-21(3)14-16/h12,14-15,24H,4-11,13H2,1-3H3,(H,20,23). The van der Waals surface area contributed by atoms with Gasteiger partial charge in [0, 0.05) is 32.4 Å². The molecule has 1 amide bonds. The van der Waals surface area contributed by atoms with Gasteiger partial charge in [-0.25, -0.2) is 0 Å². The third-order valence-corrected chi connectivity index (χ3v) is 4.76. The van der Waals surface area contributed by atoms with Gasteiger partial charge in [-0.3, -0.25) is 9.48 Å². The molecule has 6 nitrogen and oxygen atoms in total. The Balaban J connectivity index is 1.88. The first-order valence-corrected chi connectivity index (χ1v) is 9.21. The van der Waals surface area contributed by atoms with Gasteiger partial charge in [0.2, 0.25) is 5.91 Å². The van der Waals surface area contributed by atoms with Crippen molar-refractivity contribution in [3.63, 3.8) is 0 Å². The molecular weight excluding hydrogens is 304 g/mol. The minimum atomic E-state index is -0.856. The highest BCUT2D eigenvalue weighted by Crippen LogP contribution is 2.24. The van der Waals surface area contributed by atoms with Crippen LogP contribution < -0.4 is 10.2 Å². The zero-order valence-electron chi connectivity index (χ0n) is 15.3. The molecule has 1 aromatic heterocycles. The van der Waals surface area contributed by atoms with Gasteiger partial charge in [-0.15, -0.1) is 0 Å². The molecule has 1 aliphatic heterocycles. The quantitative estimate of drug-likeness (QED) is 0.764. The monoisotopic (exact) mass is 336 g/mol. The summed E-state index contributed by atoms with van der Waals surface area (Å²) in [5.41, 5.74) is 0.246. The van der Waals surface area contributed by atoms with Gasteiger partial charge >= 0.3 is 0 Å². The number of carbonyl (C=O) groups is 1. The minimum absolute atomic E-state index is 0.0302. The second-order valence-electron chi connectivity index (χ2n) is 7.13. The number of nitrogens with zero attached hydrogens (tertiary/aromatic N) is 3. The molecule has 2 N–H and O–H groups in total. The lowest BCUT2D eigenvalue weighted by Gasteiger charge is -2.34. The Morgan fingerprint density at radius 2 is 2.12 bits per heavy atom. The van der Waals surface area contributed by atoms with Gasteiger partial charge in [0.1, 0.15) is 0 Å². The van der Waals surface area contributed by atoms with Crippen LogP contribution >= 0.6 is 0 Å². The lowest BCUT2D eigenvalue weighted by molar-refractivity contribution is -0.127. The molecule has 1 unspecified atom stereocenters.